The Morgan fingerprint density at radius 2 is 2.17 bits per heavy atom. The molecule has 18 heavy (non-hydrogen) atoms. The Hall–Kier alpha value is -2.21. The van der Waals surface area contributed by atoms with Gasteiger partial charge in [-0.15, -0.1) is 5.10 Å². The summed E-state index contributed by atoms with van der Waals surface area (Å²) in [5.41, 5.74) is 0.754. The number of aryl methyl sites for hydroxylation is 1. The highest BCUT2D eigenvalue weighted by atomic mass is 16.3. The zero-order valence-electron chi connectivity index (χ0n) is 9.92. The minimum atomic E-state index is -0.741. The van der Waals surface area contributed by atoms with E-state index < -0.39 is 12.0 Å². The van der Waals surface area contributed by atoms with Crippen LogP contribution in [-0.4, -0.2) is 32.7 Å². The summed E-state index contributed by atoms with van der Waals surface area (Å²) in [4.78, 5) is 15.5. The van der Waals surface area contributed by atoms with Crippen LogP contribution in [0, 0.1) is 6.92 Å². The second kappa shape index (κ2) is 5.42. The van der Waals surface area contributed by atoms with Crippen LogP contribution in [0.4, 0.5) is 0 Å². The van der Waals surface area contributed by atoms with Gasteiger partial charge >= 0.3 is 0 Å². The quantitative estimate of drug-likeness (QED) is 0.735. The lowest BCUT2D eigenvalue weighted by molar-refractivity contribution is 0.0906. The van der Waals surface area contributed by atoms with Crippen molar-refractivity contribution >= 4 is 5.91 Å². The predicted molar refractivity (Wildman–Crippen MR) is 64.9 cm³/mol. The van der Waals surface area contributed by atoms with Crippen molar-refractivity contribution in [2.24, 2.45) is 0 Å². The summed E-state index contributed by atoms with van der Waals surface area (Å²) in [5, 5.41) is 18.8. The number of nitrogens with zero attached hydrogens (tertiary/aromatic N) is 2. The average molecular weight is 246 g/mol. The summed E-state index contributed by atoms with van der Waals surface area (Å²) in [7, 11) is 0. The monoisotopic (exact) mass is 246 g/mol. The maximum Gasteiger partial charge on any atom is 0.291 e. The van der Waals surface area contributed by atoms with Crippen molar-refractivity contribution < 1.29 is 9.90 Å². The molecule has 6 heteroatoms. The molecule has 0 bridgehead atoms. The van der Waals surface area contributed by atoms with Gasteiger partial charge in [0.2, 0.25) is 5.82 Å². The lowest BCUT2D eigenvalue weighted by atomic mass is 10.1. The van der Waals surface area contributed by atoms with Crippen LogP contribution in [0.15, 0.2) is 30.3 Å². The molecule has 0 spiro atoms. The number of rotatable bonds is 4. The van der Waals surface area contributed by atoms with Gasteiger partial charge in [0.1, 0.15) is 5.82 Å². The first kappa shape index (κ1) is 12.3. The molecule has 0 aliphatic rings. The minimum Gasteiger partial charge on any atom is -0.387 e. The number of aromatic amines is 1. The second-order valence-corrected chi connectivity index (χ2v) is 3.88. The zero-order valence-corrected chi connectivity index (χ0v) is 9.92. The molecule has 1 atom stereocenters. The van der Waals surface area contributed by atoms with E-state index in [1.807, 2.05) is 18.2 Å². The third-order valence-electron chi connectivity index (χ3n) is 2.44. The van der Waals surface area contributed by atoms with Crippen molar-refractivity contribution in [2.45, 2.75) is 13.0 Å². The number of aromatic nitrogens is 3. The first-order valence-electron chi connectivity index (χ1n) is 5.57. The third kappa shape index (κ3) is 2.92. The molecular weight excluding hydrogens is 232 g/mol. The van der Waals surface area contributed by atoms with Gasteiger partial charge in [-0.3, -0.25) is 9.89 Å². The van der Waals surface area contributed by atoms with E-state index in [-0.39, 0.29) is 12.4 Å². The number of carbonyl (C=O) groups excluding carboxylic acids is 1. The third-order valence-corrected chi connectivity index (χ3v) is 2.44. The zero-order chi connectivity index (χ0) is 13.0. The van der Waals surface area contributed by atoms with Gasteiger partial charge in [0, 0.05) is 6.54 Å². The van der Waals surface area contributed by atoms with Gasteiger partial charge in [0.15, 0.2) is 0 Å². The van der Waals surface area contributed by atoms with E-state index in [0.717, 1.165) is 5.56 Å². The highest BCUT2D eigenvalue weighted by Gasteiger charge is 2.13. The molecular formula is C12H14N4O2. The van der Waals surface area contributed by atoms with Crippen LogP contribution in [0.25, 0.3) is 0 Å². The SMILES string of the molecule is Cc1nc(C(=O)NCC(O)c2ccccc2)n[nH]1. The fourth-order valence-corrected chi connectivity index (χ4v) is 1.51. The maximum absolute atomic E-state index is 11.6. The number of hydrogen-bond donors (Lipinski definition) is 3. The van der Waals surface area contributed by atoms with E-state index in [1.165, 1.54) is 0 Å². The van der Waals surface area contributed by atoms with Crippen LogP contribution in [0.2, 0.25) is 0 Å². The number of carbonyl (C=O) groups is 1. The number of aliphatic hydroxyl groups excluding tert-OH is 1. The average Bonchev–Trinajstić information content (AvgIpc) is 2.83. The van der Waals surface area contributed by atoms with Crippen molar-refractivity contribution in [2.75, 3.05) is 6.54 Å². The van der Waals surface area contributed by atoms with Crippen molar-refractivity contribution in [1.82, 2.24) is 20.5 Å². The van der Waals surface area contributed by atoms with Crippen LogP contribution >= 0.6 is 0 Å². The molecule has 0 aliphatic carbocycles. The number of hydrogen-bond acceptors (Lipinski definition) is 4. The summed E-state index contributed by atoms with van der Waals surface area (Å²) in [6, 6.07) is 9.13. The van der Waals surface area contributed by atoms with Gasteiger partial charge in [-0.2, -0.15) is 0 Å². The van der Waals surface area contributed by atoms with E-state index in [2.05, 4.69) is 20.5 Å². The molecule has 1 amide bonds. The molecule has 2 rings (SSSR count). The van der Waals surface area contributed by atoms with E-state index in [1.54, 1.807) is 19.1 Å². The molecule has 1 aromatic carbocycles. The fraction of sp³-hybridized carbons (Fsp3) is 0.250. The molecule has 6 nitrogen and oxygen atoms in total. The topological polar surface area (TPSA) is 90.9 Å². The summed E-state index contributed by atoms with van der Waals surface area (Å²) in [5.74, 6) is 0.242. The van der Waals surface area contributed by atoms with Crippen molar-refractivity contribution in [1.29, 1.82) is 0 Å². The van der Waals surface area contributed by atoms with Crippen LogP contribution in [-0.2, 0) is 0 Å². The molecule has 0 saturated carbocycles. The van der Waals surface area contributed by atoms with Crippen LogP contribution in [0.1, 0.15) is 28.1 Å². The molecule has 0 radical (unpaired) electrons. The largest absolute Gasteiger partial charge is 0.387 e. The van der Waals surface area contributed by atoms with Gasteiger partial charge < -0.3 is 10.4 Å². The number of H-pyrrole nitrogens is 1. The predicted octanol–water partition coefficient (Wildman–Crippen LogP) is 0.577. The van der Waals surface area contributed by atoms with Crippen LogP contribution < -0.4 is 5.32 Å². The maximum atomic E-state index is 11.6. The van der Waals surface area contributed by atoms with E-state index >= 15 is 0 Å². The summed E-state index contributed by atoms with van der Waals surface area (Å²) < 4.78 is 0. The van der Waals surface area contributed by atoms with Crippen LogP contribution in [0.5, 0.6) is 0 Å². The summed E-state index contributed by atoms with van der Waals surface area (Å²) in [6.45, 7) is 1.83. The lowest BCUT2D eigenvalue weighted by Crippen LogP contribution is -2.29. The fourth-order valence-electron chi connectivity index (χ4n) is 1.51. The van der Waals surface area contributed by atoms with E-state index in [4.69, 9.17) is 0 Å². The molecule has 0 saturated heterocycles. The number of aliphatic hydroxyl groups is 1. The van der Waals surface area contributed by atoms with Gasteiger partial charge in [-0.25, -0.2) is 4.98 Å². The number of amides is 1. The lowest BCUT2D eigenvalue weighted by Gasteiger charge is -2.10. The Labute approximate surface area is 104 Å². The number of benzene rings is 1. The standard InChI is InChI=1S/C12H14N4O2/c1-8-14-11(16-15-8)12(18)13-7-10(17)9-5-3-2-4-6-9/h2-6,10,17H,7H2,1H3,(H,13,18)(H,14,15,16). The molecule has 94 valence electrons. The summed E-state index contributed by atoms with van der Waals surface area (Å²) in [6.07, 6.45) is -0.741. The second-order valence-electron chi connectivity index (χ2n) is 3.88. The Kier molecular flexibility index (Phi) is 3.69. The van der Waals surface area contributed by atoms with Gasteiger partial charge in [-0.1, -0.05) is 30.3 Å². The molecule has 2 aromatic rings. The smallest absolute Gasteiger partial charge is 0.291 e. The summed E-state index contributed by atoms with van der Waals surface area (Å²) >= 11 is 0. The Bertz CT molecular complexity index is 524. The molecule has 3 N–H and O–H groups in total. The van der Waals surface area contributed by atoms with E-state index in [0.29, 0.717) is 5.82 Å². The van der Waals surface area contributed by atoms with Crippen molar-refractivity contribution in [3.63, 3.8) is 0 Å². The first-order valence-corrected chi connectivity index (χ1v) is 5.57. The molecule has 1 unspecified atom stereocenters. The Morgan fingerprint density at radius 1 is 1.44 bits per heavy atom. The molecule has 0 fully saturated rings. The van der Waals surface area contributed by atoms with Crippen LogP contribution in [0.3, 0.4) is 0 Å². The van der Waals surface area contributed by atoms with Gasteiger partial charge in [0.05, 0.1) is 6.10 Å². The van der Waals surface area contributed by atoms with Crippen molar-refractivity contribution in [3.05, 3.63) is 47.5 Å². The number of nitrogens with one attached hydrogen (secondary N) is 2. The Balaban J connectivity index is 1.90. The highest BCUT2D eigenvalue weighted by Crippen LogP contribution is 2.10. The first-order chi connectivity index (χ1) is 8.66. The molecule has 1 heterocycles. The molecule has 0 aliphatic heterocycles. The van der Waals surface area contributed by atoms with Crippen molar-refractivity contribution in [3.8, 4) is 0 Å². The Morgan fingerprint density at radius 3 is 2.78 bits per heavy atom. The normalized spacial score (nSPS) is 12.1. The van der Waals surface area contributed by atoms with Gasteiger partial charge in [-0.05, 0) is 12.5 Å². The highest BCUT2D eigenvalue weighted by molar-refractivity contribution is 5.90. The molecule has 1 aromatic heterocycles. The van der Waals surface area contributed by atoms with E-state index in [9.17, 15) is 9.90 Å². The van der Waals surface area contributed by atoms with Gasteiger partial charge in [0.25, 0.3) is 5.91 Å². The minimum absolute atomic E-state index is 0.0766.